The lowest BCUT2D eigenvalue weighted by atomic mass is 10.1. The Morgan fingerprint density at radius 1 is 1.14 bits per heavy atom. The molecular formula is C22H23BrN2O3. The van der Waals surface area contributed by atoms with Crippen LogP contribution in [0.4, 0.5) is 5.69 Å². The summed E-state index contributed by atoms with van der Waals surface area (Å²) in [7, 11) is 3.64. The molecule has 0 saturated carbocycles. The molecule has 0 aliphatic carbocycles. The molecular weight excluding hydrogens is 420 g/mol. The van der Waals surface area contributed by atoms with Gasteiger partial charge in [-0.05, 0) is 71.7 Å². The molecule has 0 saturated heterocycles. The maximum atomic E-state index is 12.5. The Labute approximate surface area is 173 Å². The third-order valence-electron chi connectivity index (χ3n) is 4.67. The fourth-order valence-electron chi connectivity index (χ4n) is 2.75. The minimum absolute atomic E-state index is 0.209. The van der Waals surface area contributed by atoms with Crippen LogP contribution in [0.15, 0.2) is 53.1 Å². The zero-order chi connectivity index (χ0) is 20.3. The smallest absolute Gasteiger partial charge is 0.338 e. The van der Waals surface area contributed by atoms with Crippen molar-refractivity contribution in [3.8, 4) is 5.75 Å². The minimum Gasteiger partial charge on any atom is -0.497 e. The third kappa shape index (κ3) is 4.44. The van der Waals surface area contributed by atoms with Crippen LogP contribution in [0.5, 0.6) is 5.75 Å². The van der Waals surface area contributed by atoms with Gasteiger partial charge in [-0.2, -0.15) is 0 Å². The normalized spacial score (nSPS) is 10.9. The summed E-state index contributed by atoms with van der Waals surface area (Å²) in [4.78, 5) is 19.2. The number of ether oxygens (including phenoxy) is 2. The first kappa shape index (κ1) is 20.1. The van der Waals surface area contributed by atoms with Gasteiger partial charge in [-0.15, -0.1) is 0 Å². The van der Waals surface area contributed by atoms with Crippen LogP contribution in [-0.2, 0) is 11.3 Å². The molecule has 2 aromatic carbocycles. The van der Waals surface area contributed by atoms with Gasteiger partial charge in [-0.25, -0.2) is 9.78 Å². The Balaban J connectivity index is 1.79. The van der Waals surface area contributed by atoms with E-state index in [9.17, 15) is 4.79 Å². The van der Waals surface area contributed by atoms with E-state index in [2.05, 4.69) is 39.7 Å². The maximum absolute atomic E-state index is 12.5. The number of halogens is 1. The summed E-state index contributed by atoms with van der Waals surface area (Å²) in [6, 6.07) is 15.2. The molecule has 6 heteroatoms. The van der Waals surface area contributed by atoms with Crippen molar-refractivity contribution in [2.75, 3.05) is 19.1 Å². The van der Waals surface area contributed by atoms with Crippen LogP contribution in [0, 0.1) is 0 Å². The predicted octanol–water partition coefficient (Wildman–Crippen LogP) is 5.21. The van der Waals surface area contributed by atoms with Gasteiger partial charge >= 0.3 is 5.97 Å². The van der Waals surface area contributed by atoms with Gasteiger partial charge in [0.25, 0.3) is 0 Å². The number of esters is 1. The SMILES string of the molecule is COc1ccc(COC(=O)c2ccc3nc(Br)c(N(C)C(C)C)cc3c2)cc1. The molecule has 5 nitrogen and oxygen atoms in total. The summed E-state index contributed by atoms with van der Waals surface area (Å²) in [5.41, 5.74) is 3.20. The second-order valence-electron chi connectivity index (χ2n) is 6.83. The summed E-state index contributed by atoms with van der Waals surface area (Å²) in [6.07, 6.45) is 0. The van der Waals surface area contributed by atoms with E-state index >= 15 is 0 Å². The zero-order valence-electron chi connectivity index (χ0n) is 16.4. The molecule has 1 heterocycles. The summed E-state index contributed by atoms with van der Waals surface area (Å²) >= 11 is 3.54. The quantitative estimate of drug-likeness (QED) is 0.387. The number of hydrogen-bond donors (Lipinski definition) is 0. The van der Waals surface area contributed by atoms with Crippen LogP contribution in [0.2, 0.25) is 0 Å². The summed E-state index contributed by atoms with van der Waals surface area (Å²) < 4.78 is 11.4. The van der Waals surface area contributed by atoms with Crippen LogP contribution in [0.3, 0.4) is 0 Å². The number of nitrogens with zero attached hydrogens (tertiary/aromatic N) is 2. The first-order valence-electron chi connectivity index (χ1n) is 9.02. The molecule has 0 amide bonds. The van der Waals surface area contributed by atoms with Crippen molar-refractivity contribution in [2.45, 2.75) is 26.5 Å². The van der Waals surface area contributed by atoms with Crippen LogP contribution in [-0.4, -0.2) is 31.2 Å². The highest BCUT2D eigenvalue weighted by Gasteiger charge is 2.14. The number of rotatable bonds is 6. The number of pyridine rings is 1. The molecule has 3 aromatic rings. The topological polar surface area (TPSA) is 51.7 Å². The van der Waals surface area contributed by atoms with Gasteiger partial charge in [0.1, 0.15) is 17.0 Å². The fourth-order valence-corrected chi connectivity index (χ4v) is 3.33. The van der Waals surface area contributed by atoms with Gasteiger partial charge < -0.3 is 14.4 Å². The Hall–Kier alpha value is -2.60. The van der Waals surface area contributed by atoms with Gasteiger partial charge in [-0.1, -0.05) is 12.1 Å². The number of carbonyl (C=O) groups excluding carboxylic acids is 1. The van der Waals surface area contributed by atoms with Crippen LogP contribution >= 0.6 is 15.9 Å². The molecule has 0 atom stereocenters. The Morgan fingerprint density at radius 2 is 1.86 bits per heavy atom. The number of methoxy groups -OCH3 is 1. The molecule has 146 valence electrons. The van der Waals surface area contributed by atoms with Crippen LogP contribution in [0.1, 0.15) is 29.8 Å². The molecule has 0 spiro atoms. The molecule has 0 fully saturated rings. The lowest BCUT2D eigenvalue weighted by Crippen LogP contribution is -2.26. The van der Waals surface area contributed by atoms with E-state index in [1.54, 1.807) is 13.2 Å². The van der Waals surface area contributed by atoms with E-state index in [0.29, 0.717) is 11.6 Å². The van der Waals surface area contributed by atoms with E-state index in [0.717, 1.165) is 32.5 Å². The number of aromatic nitrogens is 1. The average molecular weight is 443 g/mol. The first-order chi connectivity index (χ1) is 13.4. The highest BCUT2D eigenvalue weighted by atomic mass is 79.9. The number of fused-ring (bicyclic) bond motifs is 1. The van der Waals surface area contributed by atoms with Crippen molar-refractivity contribution in [3.05, 3.63) is 64.3 Å². The molecule has 0 radical (unpaired) electrons. The number of benzene rings is 2. The summed E-state index contributed by atoms with van der Waals surface area (Å²) in [5.74, 6) is 0.407. The van der Waals surface area contributed by atoms with E-state index < -0.39 is 0 Å². The zero-order valence-corrected chi connectivity index (χ0v) is 18.0. The first-order valence-corrected chi connectivity index (χ1v) is 9.81. The van der Waals surface area contributed by atoms with E-state index in [-0.39, 0.29) is 12.6 Å². The Kier molecular flexibility index (Phi) is 6.19. The van der Waals surface area contributed by atoms with Crippen LogP contribution < -0.4 is 9.64 Å². The number of carbonyl (C=O) groups is 1. The lowest BCUT2D eigenvalue weighted by molar-refractivity contribution is 0.0473. The van der Waals surface area contributed by atoms with Crippen molar-refractivity contribution >= 4 is 38.5 Å². The second-order valence-corrected chi connectivity index (χ2v) is 7.59. The summed E-state index contributed by atoms with van der Waals surface area (Å²) in [5, 5.41) is 0.893. The summed E-state index contributed by atoms with van der Waals surface area (Å²) in [6.45, 7) is 4.44. The van der Waals surface area contributed by atoms with Crippen molar-refractivity contribution in [1.29, 1.82) is 0 Å². The van der Waals surface area contributed by atoms with Gasteiger partial charge in [0, 0.05) is 18.5 Å². The van der Waals surface area contributed by atoms with Gasteiger partial charge in [0.05, 0.1) is 23.9 Å². The van der Waals surface area contributed by atoms with Crippen molar-refractivity contribution in [1.82, 2.24) is 4.98 Å². The van der Waals surface area contributed by atoms with Gasteiger partial charge in [-0.3, -0.25) is 0 Å². The number of hydrogen-bond acceptors (Lipinski definition) is 5. The molecule has 0 N–H and O–H groups in total. The second kappa shape index (κ2) is 8.61. The third-order valence-corrected chi connectivity index (χ3v) is 5.25. The fraction of sp³-hybridized carbons (Fsp3) is 0.273. The predicted molar refractivity (Wildman–Crippen MR) is 115 cm³/mol. The molecule has 0 unspecified atom stereocenters. The van der Waals surface area contributed by atoms with Crippen molar-refractivity contribution < 1.29 is 14.3 Å². The van der Waals surface area contributed by atoms with E-state index in [1.165, 1.54) is 0 Å². The van der Waals surface area contributed by atoms with Crippen molar-refractivity contribution in [3.63, 3.8) is 0 Å². The van der Waals surface area contributed by atoms with Crippen molar-refractivity contribution in [2.24, 2.45) is 0 Å². The minimum atomic E-state index is -0.362. The standard InChI is InChI=1S/C22H23BrN2O3/c1-14(2)25(3)20-12-17-11-16(7-10-19(17)24-21(20)23)22(26)28-13-15-5-8-18(27-4)9-6-15/h5-12,14H,13H2,1-4H3. The van der Waals surface area contributed by atoms with Gasteiger partial charge in [0.15, 0.2) is 0 Å². The Morgan fingerprint density at radius 3 is 2.50 bits per heavy atom. The molecule has 28 heavy (non-hydrogen) atoms. The molecule has 0 aliphatic heterocycles. The largest absolute Gasteiger partial charge is 0.497 e. The van der Waals surface area contributed by atoms with Crippen LogP contribution in [0.25, 0.3) is 10.9 Å². The lowest BCUT2D eigenvalue weighted by Gasteiger charge is -2.24. The molecule has 1 aromatic heterocycles. The van der Waals surface area contributed by atoms with E-state index in [1.807, 2.05) is 49.5 Å². The maximum Gasteiger partial charge on any atom is 0.338 e. The number of anilines is 1. The molecule has 0 aliphatic rings. The monoisotopic (exact) mass is 442 g/mol. The highest BCUT2D eigenvalue weighted by molar-refractivity contribution is 9.10. The highest BCUT2D eigenvalue weighted by Crippen LogP contribution is 2.29. The van der Waals surface area contributed by atoms with E-state index in [4.69, 9.17) is 9.47 Å². The van der Waals surface area contributed by atoms with Gasteiger partial charge in [0.2, 0.25) is 0 Å². The Bertz CT molecular complexity index is 987. The molecule has 3 rings (SSSR count). The molecule has 0 bridgehead atoms. The average Bonchev–Trinajstić information content (AvgIpc) is 2.70.